The van der Waals surface area contributed by atoms with Gasteiger partial charge in [0.25, 0.3) is 0 Å². The summed E-state index contributed by atoms with van der Waals surface area (Å²) in [5, 5.41) is 9.81. The standard InChI is InChI=1S/C24H21N5O2S/c1-30-19-12-10-18(11-13-19)29-23(20-7-3-4-8-21(20)31-2)26-27-24(29)32-16-17-15-28-14-6-5-9-22(28)25-17/h3-15H,16H2,1-2H3. The van der Waals surface area contributed by atoms with Gasteiger partial charge in [-0.1, -0.05) is 30.0 Å². The molecule has 0 N–H and O–H groups in total. The van der Waals surface area contributed by atoms with Crippen LogP contribution in [0.15, 0.2) is 84.3 Å². The Morgan fingerprint density at radius 1 is 0.875 bits per heavy atom. The summed E-state index contributed by atoms with van der Waals surface area (Å²) in [6, 6.07) is 21.6. The number of pyridine rings is 1. The van der Waals surface area contributed by atoms with Crippen molar-refractivity contribution < 1.29 is 9.47 Å². The van der Waals surface area contributed by atoms with E-state index in [0.29, 0.717) is 11.6 Å². The molecule has 0 spiro atoms. The normalized spacial score (nSPS) is 11.1. The molecule has 7 nitrogen and oxygen atoms in total. The lowest BCUT2D eigenvalue weighted by atomic mass is 10.2. The summed E-state index contributed by atoms with van der Waals surface area (Å²) in [6.45, 7) is 0. The number of nitrogens with zero attached hydrogens (tertiary/aromatic N) is 5. The zero-order valence-electron chi connectivity index (χ0n) is 17.7. The average molecular weight is 444 g/mol. The maximum Gasteiger partial charge on any atom is 0.196 e. The van der Waals surface area contributed by atoms with Crippen LogP contribution in [-0.2, 0) is 5.75 Å². The molecule has 3 aromatic heterocycles. The number of methoxy groups -OCH3 is 2. The van der Waals surface area contributed by atoms with Crippen LogP contribution in [0.5, 0.6) is 11.5 Å². The molecule has 0 radical (unpaired) electrons. The third-order valence-electron chi connectivity index (χ3n) is 5.07. The second-order valence-corrected chi connectivity index (χ2v) is 7.97. The Balaban J connectivity index is 1.54. The number of imidazole rings is 1. The van der Waals surface area contributed by atoms with E-state index in [0.717, 1.165) is 39.2 Å². The molecule has 8 heteroatoms. The third-order valence-corrected chi connectivity index (χ3v) is 6.04. The Hall–Kier alpha value is -3.78. The quantitative estimate of drug-likeness (QED) is 0.334. The van der Waals surface area contributed by atoms with E-state index >= 15 is 0 Å². The molecule has 3 heterocycles. The summed E-state index contributed by atoms with van der Waals surface area (Å²) in [4.78, 5) is 4.69. The highest BCUT2D eigenvalue weighted by Crippen LogP contribution is 2.34. The third kappa shape index (κ3) is 3.80. The lowest BCUT2D eigenvalue weighted by molar-refractivity contribution is 0.414. The van der Waals surface area contributed by atoms with Crippen molar-refractivity contribution in [2.75, 3.05) is 14.2 Å². The fourth-order valence-electron chi connectivity index (χ4n) is 3.53. The average Bonchev–Trinajstić information content (AvgIpc) is 3.46. The van der Waals surface area contributed by atoms with Crippen LogP contribution in [-0.4, -0.2) is 38.4 Å². The van der Waals surface area contributed by atoms with Crippen LogP contribution < -0.4 is 9.47 Å². The van der Waals surface area contributed by atoms with Crippen molar-refractivity contribution in [2.45, 2.75) is 10.9 Å². The zero-order chi connectivity index (χ0) is 21.9. The topological polar surface area (TPSA) is 66.5 Å². The van der Waals surface area contributed by atoms with Crippen molar-refractivity contribution >= 4 is 17.4 Å². The highest BCUT2D eigenvalue weighted by atomic mass is 32.2. The number of hydrogen-bond acceptors (Lipinski definition) is 6. The van der Waals surface area contributed by atoms with Gasteiger partial charge in [-0.2, -0.15) is 0 Å². The van der Waals surface area contributed by atoms with E-state index in [1.54, 1.807) is 26.0 Å². The van der Waals surface area contributed by atoms with Gasteiger partial charge < -0.3 is 13.9 Å². The lowest BCUT2D eigenvalue weighted by Gasteiger charge is -2.12. The predicted molar refractivity (Wildman–Crippen MR) is 125 cm³/mol. The summed E-state index contributed by atoms with van der Waals surface area (Å²) in [7, 11) is 3.32. The molecule has 0 atom stereocenters. The van der Waals surface area contributed by atoms with Crippen LogP contribution in [0, 0.1) is 0 Å². The van der Waals surface area contributed by atoms with E-state index < -0.39 is 0 Å². The van der Waals surface area contributed by atoms with Crippen molar-refractivity contribution in [1.29, 1.82) is 0 Å². The fourth-order valence-corrected chi connectivity index (χ4v) is 4.36. The number of ether oxygens (including phenoxy) is 2. The van der Waals surface area contributed by atoms with Gasteiger partial charge in [-0.05, 0) is 48.5 Å². The van der Waals surface area contributed by atoms with Gasteiger partial charge in [0.2, 0.25) is 0 Å². The number of aromatic nitrogens is 5. The Labute approximate surface area is 189 Å². The molecular formula is C24H21N5O2S. The largest absolute Gasteiger partial charge is 0.497 e. The van der Waals surface area contributed by atoms with Crippen LogP contribution in [0.2, 0.25) is 0 Å². The first kappa shape index (κ1) is 20.1. The van der Waals surface area contributed by atoms with Crippen molar-refractivity contribution in [2.24, 2.45) is 0 Å². The Morgan fingerprint density at radius 2 is 1.69 bits per heavy atom. The SMILES string of the molecule is COc1ccc(-n2c(SCc3cn4ccccc4n3)nnc2-c2ccccc2OC)cc1. The molecule has 0 unspecified atom stereocenters. The van der Waals surface area contributed by atoms with Crippen LogP contribution in [0.25, 0.3) is 22.7 Å². The highest BCUT2D eigenvalue weighted by molar-refractivity contribution is 7.98. The van der Waals surface area contributed by atoms with Crippen LogP contribution in [0.1, 0.15) is 5.69 Å². The van der Waals surface area contributed by atoms with E-state index in [-0.39, 0.29) is 0 Å². The Bertz CT molecular complexity index is 1330. The molecule has 0 aliphatic rings. The molecule has 0 aliphatic heterocycles. The summed E-state index contributed by atoms with van der Waals surface area (Å²) >= 11 is 1.59. The zero-order valence-corrected chi connectivity index (χ0v) is 18.5. The van der Waals surface area contributed by atoms with Crippen molar-refractivity contribution in [3.8, 4) is 28.6 Å². The van der Waals surface area contributed by atoms with E-state index in [4.69, 9.17) is 14.5 Å². The predicted octanol–water partition coefficient (Wildman–Crippen LogP) is 4.89. The van der Waals surface area contributed by atoms with E-state index in [2.05, 4.69) is 10.2 Å². The molecule has 160 valence electrons. The second kappa shape index (κ2) is 8.76. The second-order valence-electron chi connectivity index (χ2n) is 7.03. The molecule has 0 amide bonds. The van der Waals surface area contributed by atoms with Crippen LogP contribution in [0.4, 0.5) is 0 Å². The first-order chi connectivity index (χ1) is 15.8. The summed E-state index contributed by atoms with van der Waals surface area (Å²) in [5.74, 6) is 2.92. The van der Waals surface area contributed by atoms with Crippen molar-refractivity contribution in [3.63, 3.8) is 0 Å². The maximum absolute atomic E-state index is 5.58. The van der Waals surface area contributed by atoms with Gasteiger partial charge in [0, 0.05) is 18.1 Å². The van der Waals surface area contributed by atoms with E-state index in [9.17, 15) is 0 Å². The first-order valence-corrected chi connectivity index (χ1v) is 11.0. The minimum absolute atomic E-state index is 0.669. The van der Waals surface area contributed by atoms with Crippen LogP contribution in [0.3, 0.4) is 0 Å². The molecular weight excluding hydrogens is 422 g/mol. The van der Waals surface area contributed by atoms with Gasteiger partial charge in [0.05, 0.1) is 31.2 Å². The highest BCUT2D eigenvalue weighted by Gasteiger charge is 2.19. The van der Waals surface area contributed by atoms with E-state index in [1.807, 2.05) is 88.1 Å². The van der Waals surface area contributed by atoms with Crippen molar-refractivity contribution in [1.82, 2.24) is 24.1 Å². The molecule has 0 fully saturated rings. The van der Waals surface area contributed by atoms with Gasteiger partial charge in [0.1, 0.15) is 17.1 Å². The molecule has 2 aromatic carbocycles. The molecule has 5 aromatic rings. The molecule has 0 bridgehead atoms. The van der Waals surface area contributed by atoms with Gasteiger partial charge in [0.15, 0.2) is 11.0 Å². The number of thioether (sulfide) groups is 1. The molecule has 0 saturated heterocycles. The molecule has 5 rings (SSSR count). The van der Waals surface area contributed by atoms with Crippen molar-refractivity contribution in [3.05, 3.63) is 84.8 Å². The summed E-state index contributed by atoms with van der Waals surface area (Å²) < 4.78 is 15.0. The van der Waals surface area contributed by atoms with E-state index in [1.165, 1.54) is 0 Å². The number of para-hydroxylation sites is 1. The smallest absolute Gasteiger partial charge is 0.196 e. The Kier molecular flexibility index (Phi) is 5.51. The Morgan fingerprint density at radius 3 is 2.47 bits per heavy atom. The first-order valence-electron chi connectivity index (χ1n) is 10.1. The van der Waals surface area contributed by atoms with Gasteiger partial charge in [-0.3, -0.25) is 4.57 Å². The monoisotopic (exact) mass is 443 g/mol. The van der Waals surface area contributed by atoms with Gasteiger partial charge >= 0.3 is 0 Å². The minimum atomic E-state index is 0.669. The summed E-state index contributed by atoms with van der Waals surface area (Å²) in [5.41, 5.74) is 3.71. The maximum atomic E-state index is 5.58. The number of fused-ring (bicyclic) bond motifs is 1. The molecule has 0 saturated carbocycles. The van der Waals surface area contributed by atoms with Gasteiger partial charge in [-0.15, -0.1) is 10.2 Å². The molecule has 0 aliphatic carbocycles. The van der Waals surface area contributed by atoms with Gasteiger partial charge in [-0.25, -0.2) is 4.98 Å². The minimum Gasteiger partial charge on any atom is -0.497 e. The number of rotatable bonds is 7. The summed E-state index contributed by atoms with van der Waals surface area (Å²) in [6.07, 6.45) is 4.04. The number of hydrogen-bond donors (Lipinski definition) is 0. The number of benzene rings is 2. The lowest BCUT2D eigenvalue weighted by Crippen LogP contribution is -2.01. The van der Waals surface area contributed by atoms with Crippen LogP contribution >= 0.6 is 11.8 Å². The molecule has 32 heavy (non-hydrogen) atoms. The fraction of sp³-hybridized carbons (Fsp3) is 0.125.